The van der Waals surface area contributed by atoms with E-state index >= 15 is 0 Å². The molecule has 166 valence electrons. The Kier molecular flexibility index (Phi) is 5.93. The largest absolute Gasteiger partial charge is 0.489 e. The molecule has 1 spiro atoms. The monoisotopic (exact) mass is 426 g/mol. The summed E-state index contributed by atoms with van der Waals surface area (Å²) in [5.74, 6) is 0.987. The normalized spacial score (nSPS) is 16.9. The van der Waals surface area contributed by atoms with Gasteiger partial charge in [-0.2, -0.15) is 0 Å². The molecule has 0 atom stereocenters. The molecule has 2 N–H and O–H groups in total. The lowest BCUT2D eigenvalue weighted by molar-refractivity contribution is 0.303. The van der Waals surface area contributed by atoms with E-state index in [2.05, 4.69) is 78.6 Å². The summed E-state index contributed by atoms with van der Waals surface area (Å²) in [5, 5.41) is 0. The van der Waals surface area contributed by atoms with Gasteiger partial charge in [0, 0.05) is 25.3 Å². The van der Waals surface area contributed by atoms with Crippen LogP contribution in [0.2, 0.25) is 0 Å². The van der Waals surface area contributed by atoms with Crippen molar-refractivity contribution in [3.05, 3.63) is 83.4 Å². The first-order chi connectivity index (χ1) is 15.7. The van der Waals surface area contributed by atoms with Gasteiger partial charge in [0.05, 0.1) is 0 Å². The summed E-state index contributed by atoms with van der Waals surface area (Å²) in [6.45, 7) is 5.63. The van der Waals surface area contributed by atoms with E-state index in [1.807, 2.05) is 0 Å². The van der Waals surface area contributed by atoms with Crippen molar-refractivity contribution in [3.63, 3.8) is 0 Å². The van der Waals surface area contributed by atoms with Crippen molar-refractivity contribution in [2.45, 2.75) is 52.2 Å². The molecule has 1 heterocycles. The molecule has 3 aromatic rings. The zero-order valence-corrected chi connectivity index (χ0v) is 19.1. The first kappa shape index (κ1) is 21.1. The number of hydrogen-bond donors (Lipinski definition) is 1. The Balaban J connectivity index is 1.44. The summed E-state index contributed by atoms with van der Waals surface area (Å²) in [6, 6.07) is 23.9. The van der Waals surface area contributed by atoms with Gasteiger partial charge < -0.3 is 15.4 Å². The van der Waals surface area contributed by atoms with E-state index in [-0.39, 0.29) is 0 Å². The van der Waals surface area contributed by atoms with Gasteiger partial charge in [0.25, 0.3) is 0 Å². The number of benzene rings is 3. The van der Waals surface area contributed by atoms with Crippen molar-refractivity contribution in [1.82, 2.24) is 0 Å². The molecular formula is C29H34N2O. The molecule has 0 aromatic heterocycles. The average molecular weight is 427 g/mol. The minimum atomic E-state index is 0.561. The molecule has 1 saturated heterocycles. The lowest BCUT2D eigenvalue weighted by Gasteiger charge is -2.34. The Bertz CT molecular complexity index is 1080. The van der Waals surface area contributed by atoms with Gasteiger partial charge in [0.15, 0.2) is 0 Å². The quantitative estimate of drug-likeness (QED) is 0.479. The predicted octanol–water partition coefficient (Wildman–Crippen LogP) is 6.33. The maximum Gasteiger partial charge on any atom is 0.122 e. The van der Waals surface area contributed by atoms with Gasteiger partial charge in [-0.3, -0.25) is 0 Å². The van der Waals surface area contributed by atoms with Gasteiger partial charge in [-0.1, -0.05) is 43.3 Å². The molecular weight excluding hydrogens is 392 g/mol. The topological polar surface area (TPSA) is 38.5 Å². The van der Waals surface area contributed by atoms with E-state index in [1.54, 1.807) is 0 Å². The van der Waals surface area contributed by atoms with E-state index in [1.165, 1.54) is 53.6 Å². The zero-order chi connectivity index (χ0) is 22.0. The van der Waals surface area contributed by atoms with Crippen LogP contribution in [-0.4, -0.2) is 13.1 Å². The number of rotatable bonds is 7. The molecule has 1 aliphatic carbocycles. The van der Waals surface area contributed by atoms with Gasteiger partial charge in [0.2, 0.25) is 0 Å². The number of ether oxygens (including phenoxy) is 1. The van der Waals surface area contributed by atoms with Gasteiger partial charge in [-0.15, -0.1) is 0 Å². The van der Waals surface area contributed by atoms with Crippen LogP contribution in [0.3, 0.4) is 0 Å². The molecule has 0 bridgehead atoms. The number of hydrogen-bond acceptors (Lipinski definition) is 3. The average Bonchev–Trinajstić information content (AvgIpc) is 3.61. The fourth-order valence-electron chi connectivity index (χ4n) is 5.00. The Hall–Kier alpha value is -2.78. The second-order valence-electron chi connectivity index (χ2n) is 9.53. The number of piperidine rings is 1. The fourth-order valence-corrected chi connectivity index (χ4v) is 5.00. The van der Waals surface area contributed by atoms with Crippen LogP contribution in [0, 0.1) is 5.41 Å². The van der Waals surface area contributed by atoms with Crippen molar-refractivity contribution in [3.8, 4) is 16.9 Å². The van der Waals surface area contributed by atoms with Gasteiger partial charge in [-0.25, -0.2) is 0 Å². The van der Waals surface area contributed by atoms with Crippen molar-refractivity contribution >= 4 is 5.69 Å². The summed E-state index contributed by atoms with van der Waals surface area (Å²) in [5.41, 5.74) is 14.0. The summed E-state index contributed by atoms with van der Waals surface area (Å²) in [6.07, 6.45) is 6.50. The van der Waals surface area contributed by atoms with E-state index in [4.69, 9.17) is 10.5 Å². The van der Waals surface area contributed by atoms with Crippen molar-refractivity contribution in [2.24, 2.45) is 11.1 Å². The molecule has 3 heteroatoms. The maximum atomic E-state index is 6.30. The fraction of sp³-hybridized carbons (Fsp3) is 0.379. The number of nitrogens with two attached hydrogens (primary N) is 1. The summed E-state index contributed by atoms with van der Waals surface area (Å²) >= 11 is 0. The minimum absolute atomic E-state index is 0.561. The second-order valence-corrected chi connectivity index (χ2v) is 9.53. The van der Waals surface area contributed by atoms with Crippen LogP contribution in [0.5, 0.6) is 5.75 Å². The van der Waals surface area contributed by atoms with Crippen LogP contribution in [0.1, 0.15) is 49.3 Å². The summed E-state index contributed by atoms with van der Waals surface area (Å²) in [4.78, 5) is 2.57. The molecule has 3 aromatic carbocycles. The lowest BCUT2D eigenvalue weighted by Crippen LogP contribution is -2.34. The highest BCUT2D eigenvalue weighted by Crippen LogP contribution is 2.54. The van der Waals surface area contributed by atoms with Crippen LogP contribution < -0.4 is 15.4 Å². The van der Waals surface area contributed by atoms with Crippen LogP contribution >= 0.6 is 0 Å². The Morgan fingerprint density at radius 1 is 0.844 bits per heavy atom. The first-order valence-corrected chi connectivity index (χ1v) is 12.1. The Labute approximate surface area is 192 Å². The highest BCUT2D eigenvalue weighted by molar-refractivity contribution is 5.70. The highest BCUT2D eigenvalue weighted by atomic mass is 16.5. The minimum Gasteiger partial charge on any atom is -0.489 e. The SMILES string of the molecule is CCc1ccccc1OCc1cc(-c2cccc(CN)c2)cc(N2CCC3(CC2)CC3)c1. The molecule has 32 heavy (non-hydrogen) atoms. The second kappa shape index (κ2) is 8.99. The van der Waals surface area contributed by atoms with Crippen LogP contribution in [0.4, 0.5) is 5.69 Å². The standard InChI is InChI=1S/C29H34N2O/c1-2-24-7-3-4-9-28(24)32-21-23-17-26(25-8-5-6-22(16-25)20-30)19-27(18-23)31-14-12-29(10-11-29)13-15-31/h3-9,16-19H,2,10-15,20-21,30H2,1H3. The molecule has 2 fully saturated rings. The molecule has 0 unspecified atom stereocenters. The smallest absolute Gasteiger partial charge is 0.122 e. The van der Waals surface area contributed by atoms with Crippen LogP contribution in [-0.2, 0) is 19.6 Å². The summed E-state index contributed by atoms with van der Waals surface area (Å²) < 4.78 is 6.30. The third-order valence-electron chi connectivity index (χ3n) is 7.37. The van der Waals surface area contributed by atoms with Crippen molar-refractivity contribution < 1.29 is 4.74 Å². The summed E-state index contributed by atoms with van der Waals surface area (Å²) in [7, 11) is 0. The van der Waals surface area contributed by atoms with E-state index in [0.29, 0.717) is 18.6 Å². The van der Waals surface area contributed by atoms with Crippen molar-refractivity contribution in [1.29, 1.82) is 0 Å². The third-order valence-corrected chi connectivity index (χ3v) is 7.37. The number of para-hydroxylation sites is 1. The molecule has 0 radical (unpaired) electrons. The van der Waals surface area contributed by atoms with E-state index < -0.39 is 0 Å². The molecule has 3 nitrogen and oxygen atoms in total. The highest BCUT2D eigenvalue weighted by Gasteiger charge is 2.44. The predicted molar refractivity (Wildman–Crippen MR) is 133 cm³/mol. The molecule has 2 aliphatic rings. The van der Waals surface area contributed by atoms with Crippen molar-refractivity contribution in [2.75, 3.05) is 18.0 Å². The van der Waals surface area contributed by atoms with E-state index in [9.17, 15) is 0 Å². The van der Waals surface area contributed by atoms with Gasteiger partial charge in [0.1, 0.15) is 12.4 Å². The van der Waals surface area contributed by atoms with Crippen LogP contribution in [0.25, 0.3) is 11.1 Å². The first-order valence-electron chi connectivity index (χ1n) is 12.1. The number of anilines is 1. The molecule has 1 aliphatic heterocycles. The zero-order valence-electron chi connectivity index (χ0n) is 19.1. The van der Waals surface area contributed by atoms with Gasteiger partial charge >= 0.3 is 0 Å². The molecule has 0 amide bonds. The maximum absolute atomic E-state index is 6.30. The Morgan fingerprint density at radius 3 is 2.38 bits per heavy atom. The molecule has 1 saturated carbocycles. The third kappa shape index (κ3) is 4.54. The number of aryl methyl sites for hydroxylation is 1. The Morgan fingerprint density at radius 2 is 1.62 bits per heavy atom. The molecule has 5 rings (SSSR count). The lowest BCUT2D eigenvalue weighted by atomic mass is 9.92. The van der Waals surface area contributed by atoms with E-state index in [0.717, 1.165) is 30.8 Å². The van der Waals surface area contributed by atoms with Gasteiger partial charge in [-0.05, 0) is 95.7 Å². The number of nitrogens with zero attached hydrogens (tertiary/aromatic N) is 1. The van der Waals surface area contributed by atoms with Crippen LogP contribution in [0.15, 0.2) is 66.7 Å².